The Morgan fingerprint density at radius 2 is 1.78 bits per heavy atom. The number of hydrogen-bond donors (Lipinski definition) is 1. The predicted octanol–water partition coefficient (Wildman–Crippen LogP) is 5.82. The van der Waals surface area contributed by atoms with Gasteiger partial charge in [0.25, 0.3) is 5.91 Å². The highest BCUT2D eigenvalue weighted by molar-refractivity contribution is 7.15. The monoisotopic (exact) mass is 437 g/mol. The van der Waals surface area contributed by atoms with Crippen LogP contribution in [-0.2, 0) is 6.54 Å². The molecule has 0 aliphatic rings. The summed E-state index contributed by atoms with van der Waals surface area (Å²) in [5.41, 5.74) is 2.95. The van der Waals surface area contributed by atoms with Crippen LogP contribution < -0.4 is 5.32 Å². The highest BCUT2D eigenvalue weighted by Gasteiger charge is 2.14. The zero-order chi connectivity index (χ0) is 19.4. The van der Waals surface area contributed by atoms with Crippen LogP contribution in [0.1, 0.15) is 31.5 Å². The molecule has 3 aromatic rings. The predicted molar refractivity (Wildman–Crippen MR) is 112 cm³/mol. The molecule has 0 fully saturated rings. The molecule has 0 radical (unpaired) electrons. The van der Waals surface area contributed by atoms with E-state index < -0.39 is 0 Å². The first-order chi connectivity index (χ1) is 12.9. The fourth-order valence-corrected chi connectivity index (χ4v) is 3.44. The van der Waals surface area contributed by atoms with Crippen molar-refractivity contribution in [3.8, 4) is 0 Å². The van der Waals surface area contributed by atoms with Gasteiger partial charge in [-0.05, 0) is 36.3 Å². The number of carbonyl (C=O) groups is 1. The van der Waals surface area contributed by atoms with Gasteiger partial charge in [-0.25, -0.2) is 0 Å². The molecule has 0 unspecified atom stereocenters. The Bertz CT molecular complexity index is 1000. The van der Waals surface area contributed by atoms with Gasteiger partial charge >= 0.3 is 0 Å². The van der Waals surface area contributed by atoms with E-state index in [-0.39, 0.29) is 10.9 Å². The third kappa shape index (κ3) is 5.30. The van der Waals surface area contributed by atoms with E-state index in [4.69, 9.17) is 34.8 Å². The SMILES string of the molecule is Cc1ccc(CNC(=O)c2nnc(/C(Cl)=C/c3ccc(Cl)c(Cl)c3)s2)cc1. The summed E-state index contributed by atoms with van der Waals surface area (Å²) in [6.45, 7) is 2.43. The van der Waals surface area contributed by atoms with Crippen molar-refractivity contribution >= 4 is 63.2 Å². The van der Waals surface area contributed by atoms with Gasteiger partial charge in [0.05, 0.1) is 15.1 Å². The summed E-state index contributed by atoms with van der Waals surface area (Å²) in [6, 6.07) is 13.1. The third-order valence-electron chi connectivity index (χ3n) is 3.63. The number of amides is 1. The molecule has 3 rings (SSSR count). The molecular weight excluding hydrogens is 425 g/mol. The molecule has 138 valence electrons. The molecule has 0 aliphatic carbocycles. The van der Waals surface area contributed by atoms with Crippen LogP contribution in [0.3, 0.4) is 0 Å². The van der Waals surface area contributed by atoms with Crippen LogP contribution in [0.15, 0.2) is 42.5 Å². The molecule has 1 heterocycles. The van der Waals surface area contributed by atoms with Crippen molar-refractivity contribution in [3.63, 3.8) is 0 Å². The van der Waals surface area contributed by atoms with Crippen LogP contribution in [0, 0.1) is 6.92 Å². The number of aryl methyl sites for hydroxylation is 1. The number of rotatable bonds is 5. The minimum Gasteiger partial charge on any atom is -0.346 e. The maximum absolute atomic E-state index is 12.3. The molecule has 0 saturated heterocycles. The molecule has 0 bridgehead atoms. The Kier molecular flexibility index (Phi) is 6.50. The number of aromatic nitrogens is 2. The van der Waals surface area contributed by atoms with E-state index in [0.717, 1.165) is 22.5 Å². The van der Waals surface area contributed by atoms with Gasteiger partial charge in [0.1, 0.15) is 0 Å². The van der Waals surface area contributed by atoms with E-state index in [0.29, 0.717) is 26.6 Å². The normalized spacial score (nSPS) is 11.5. The maximum atomic E-state index is 12.3. The molecule has 1 N–H and O–H groups in total. The first-order valence-electron chi connectivity index (χ1n) is 7.92. The van der Waals surface area contributed by atoms with Crippen molar-refractivity contribution in [3.05, 3.63) is 79.2 Å². The number of benzene rings is 2. The molecule has 0 aliphatic heterocycles. The molecule has 8 heteroatoms. The molecule has 0 spiro atoms. The zero-order valence-corrected chi connectivity index (χ0v) is 17.3. The summed E-state index contributed by atoms with van der Waals surface area (Å²) in [5, 5.41) is 12.7. The van der Waals surface area contributed by atoms with E-state index >= 15 is 0 Å². The van der Waals surface area contributed by atoms with E-state index in [1.54, 1.807) is 24.3 Å². The summed E-state index contributed by atoms with van der Waals surface area (Å²) in [4.78, 5) is 12.3. The van der Waals surface area contributed by atoms with Crippen LogP contribution in [0.5, 0.6) is 0 Å². The number of hydrogen-bond acceptors (Lipinski definition) is 4. The first-order valence-corrected chi connectivity index (χ1v) is 9.87. The third-order valence-corrected chi connectivity index (χ3v) is 5.73. The van der Waals surface area contributed by atoms with Gasteiger partial charge in [-0.15, -0.1) is 10.2 Å². The zero-order valence-electron chi connectivity index (χ0n) is 14.2. The number of nitrogens with zero attached hydrogens (tertiary/aromatic N) is 2. The van der Waals surface area contributed by atoms with E-state index in [1.165, 1.54) is 5.56 Å². The lowest BCUT2D eigenvalue weighted by Gasteiger charge is -2.03. The minimum absolute atomic E-state index is 0.248. The Hall–Kier alpha value is -1.92. The smallest absolute Gasteiger partial charge is 0.282 e. The maximum Gasteiger partial charge on any atom is 0.282 e. The molecule has 27 heavy (non-hydrogen) atoms. The fraction of sp³-hybridized carbons (Fsp3) is 0.105. The molecule has 1 aromatic heterocycles. The molecule has 0 saturated carbocycles. The Balaban J connectivity index is 1.67. The highest BCUT2D eigenvalue weighted by Crippen LogP contribution is 2.28. The summed E-state index contributed by atoms with van der Waals surface area (Å²) >= 11 is 19.3. The van der Waals surface area contributed by atoms with Crippen molar-refractivity contribution in [1.82, 2.24) is 15.5 Å². The van der Waals surface area contributed by atoms with Crippen LogP contribution in [0.4, 0.5) is 0 Å². The second-order valence-corrected chi connectivity index (χ2v) is 7.95. The van der Waals surface area contributed by atoms with Gasteiger partial charge in [-0.2, -0.15) is 0 Å². The van der Waals surface area contributed by atoms with Crippen molar-refractivity contribution in [1.29, 1.82) is 0 Å². The number of carbonyl (C=O) groups excluding carboxylic acids is 1. The molecule has 0 atom stereocenters. The molecule has 4 nitrogen and oxygen atoms in total. The average Bonchev–Trinajstić information content (AvgIpc) is 3.14. The molecular formula is C19H14Cl3N3OS. The minimum atomic E-state index is -0.293. The Morgan fingerprint density at radius 3 is 2.48 bits per heavy atom. The Labute approximate surface area is 175 Å². The first kappa shape index (κ1) is 19.8. The van der Waals surface area contributed by atoms with E-state index in [1.807, 2.05) is 31.2 Å². The standard InChI is InChI=1S/C19H14Cl3N3OS/c1-11-2-4-12(5-3-11)10-23-17(26)19-25-24-18(27-19)16(22)9-13-6-7-14(20)15(21)8-13/h2-9H,10H2,1H3,(H,23,26)/b16-9-. The summed E-state index contributed by atoms with van der Waals surface area (Å²) in [5.74, 6) is -0.293. The second-order valence-electron chi connectivity index (χ2n) is 5.75. The summed E-state index contributed by atoms with van der Waals surface area (Å²) in [7, 11) is 0. The number of halogens is 3. The molecule has 2 aromatic carbocycles. The van der Waals surface area contributed by atoms with Crippen molar-refractivity contribution in [2.24, 2.45) is 0 Å². The topological polar surface area (TPSA) is 54.9 Å². The lowest BCUT2D eigenvalue weighted by Crippen LogP contribution is -2.22. The van der Waals surface area contributed by atoms with Crippen molar-refractivity contribution in [2.75, 3.05) is 0 Å². The van der Waals surface area contributed by atoms with Gasteiger partial charge < -0.3 is 5.32 Å². The Morgan fingerprint density at radius 1 is 1.07 bits per heavy atom. The van der Waals surface area contributed by atoms with Crippen LogP contribution in [-0.4, -0.2) is 16.1 Å². The van der Waals surface area contributed by atoms with E-state index in [9.17, 15) is 4.79 Å². The van der Waals surface area contributed by atoms with Gasteiger partial charge in [0.15, 0.2) is 5.01 Å². The average molecular weight is 439 g/mol. The van der Waals surface area contributed by atoms with Crippen LogP contribution in [0.2, 0.25) is 10.0 Å². The number of nitrogens with one attached hydrogen (secondary N) is 1. The largest absolute Gasteiger partial charge is 0.346 e. The summed E-state index contributed by atoms with van der Waals surface area (Å²) in [6.07, 6.45) is 1.69. The molecule has 1 amide bonds. The summed E-state index contributed by atoms with van der Waals surface area (Å²) < 4.78 is 0. The van der Waals surface area contributed by atoms with Gasteiger partial charge in [-0.3, -0.25) is 4.79 Å². The van der Waals surface area contributed by atoms with Gasteiger partial charge in [-0.1, -0.05) is 82.0 Å². The van der Waals surface area contributed by atoms with Crippen molar-refractivity contribution < 1.29 is 4.79 Å². The second kappa shape index (κ2) is 8.85. The highest BCUT2D eigenvalue weighted by atomic mass is 35.5. The van der Waals surface area contributed by atoms with Crippen molar-refractivity contribution in [2.45, 2.75) is 13.5 Å². The van der Waals surface area contributed by atoms with E-state index in [2.05, 4.69) is 15.5 Å². The lowest BCUT2D eigenvalue weighted by atomic mass is 10.1. The van der Waals surface area contributed by atoms with Gasteiger partial charge in [0.2, 0.25) is 5.01 Å². The van der Waals surface area contributed by atoms with Crippen LogP contribution in [0.25, 0.3) is 11.1 Å². The fourth-order valence-electron chi connectivity index (χ4n) is 2.19. The lowest BCUT2D eigenvalue weighted by molar-refractivity contribution is 0.0950. The van der Waals surface area contributed by atoms with Gasteiger partial charge in [0, 0.05) is 6.54 Å². The quantitative estimate of drug-likeness (QED) is 0.546. The van der Waals surface area contributed by atoms with Crippen LogP contribution >= 0.6 is 46.1 Å².